The van der Waals surface area contributed by atoms with Crippen LogP contribution >= 0.6 is 0 Å². The van der Waals surface area contributed by atoms with Gasteiger partial charge in [0.2, 0.25) is 11.8 Å². The highest BCUT2D eigenvalue weighted by molar-refractivity contribution is 5.94. The van der Waals surface area contributed by atoms with Gasteiger partial charge in [-0.15, -0.1) is 13.2 Å². The van der Waals surface area contributed by atoms with Crippen LogP contribution in [0.15, 0.2) is 18.2 Å². The maximum Gasteiger partial charge on any atom is 0.573 e. The lowest BCUT2D eigenvalue weighted by atomic mass is 9.85. The van der Waals surface area contributed by atoms with Crippen molar-refractivity contribution < 1.29 is 41.8 Å². The Morgan fingerprint density at radius 2 is 1.76 bits per heavy atom. The fourth-order valence-corrected chi connectivity index (χ4v) is 8.04. The van der Waals surface area contributed by atoms with Crippen molar-refractivity contribution in [3.05, 3.63) is 23.9 Å². The van der Waals surface area contributed by atoms with E-state index in [0.717, 1.165) is 38.5 Å². The molecule has 13 heteroatoms. The molecule has 2 aromatic rings. The van der Waals surface area contributed by atoms with E-state index in [2.05, 4.69) is 15.0 Å². The molecule has 8 unspecified atom stereocenters. The molecule has 8 atom stereocenters. The Kier molecular flexibility index (Phi) is 9.51. The largest absolute Gasteiger partial charge is 0.573 e. The highest BCUT2D eigenvalue weighted by Crippen LogP contribution is 2.57. The molecule has 2 aliphatic carbocycles. The van der Waals surface area contributed by atoms with Crippen LogP contribution in [0.1, 0.15) is 85.8 Å². The Labute approximate surface area is 284 Å². The Morgan fingerprint density at radius 3 is 2.45 bits per heavy atom. The van der Waals surface area contributed by atoms with Crippen LogP contribution in [0.5, 0.6) is 11.6 Å². The maximum atomic E-state index is 14.4. The van der Waals surface area contributed by atoms with Gasteiger partial charge >= 0.3 is 12.5 Å². The van der Waals surface area contributed by atoms with E-state index in [0.29, 0.717) is 29.5 Å². The average molecular weight is 689 g/mol. The third kappa shape index (κ3) is 7.60. The molecule has 49 heavy (non-hydrogen) atoms. The number of Topliss-reactive ketones (excluding diaryl/α,β-unsaturated/α-hetero) is 1. The van der Waals surface area contributed by atoms with Crippen molar-refractivity contribution >= 4 is 28.8 Å². The van der Waals surface area contributed by atoms with Crippen LogP contribution in [0.25, 0.3) is 11.0 Å². The summed E-state index contributed by atoms with van der Waals surface area (Å²) in [6.45, 7) is 11.0. The normalized spacial score (nSPS) is 31.1. The number of halogens is 3. The topological polar surface area (TPSA) is 120 Å². The van der Waals surface area contributed by atoms with E-state index >= 15 is 0 Å². The zero-order chi connectivity index (χ0) is 35.4. The van der Waals surface area contributed by atoms with Crippen LogP contribution < -0.4 is 14.8 Å². The maximum absolute atomic E-state index is 14.4. The molecule has 0 radical (unpaired) electrons. The molecule has 3 fully saturated rings. The van der Waals surface area contributed by atoms with E-state index < -0.39 is 53.6 Å². The molecule has 0 spiro atoms. The van der Waals surface area contributed by atoms with E-state index in [4.69, 9.17) is 14.5 Å². The molecule has 10 nitrogen and oxygen atoms in total. The molecule has 1 N–H and O–H groups in total. The lowest BCUT2D eigenvalue weighted by Crippen LogP contribution is -2.58. The van der Waals surface area contributed by atoms with Gasteiger partial charge in [0.15, 0.2) is 5.78 Å². The summed E-state index contributed by atoms with van der Waals surface area (Å²) in [7, 11) is 0. The van der Waals surface area contributed by atoms with E-state index in [1.54, 1.807) is 13.8 Å². The Balaban J connectivity index is 1.38. The highest BCUT2D eigenvalue weighted by Gasteiger charge is 2.55. The van der Waals surface area contributed by atoms with E-state index in [1.165, 1.54) is 23.1 Å². The number of ketones is 1. The smallest absolute Gasteiger partial charge is 0.471 e. The molecule has 1 aromatic heterocycles. The monoisotopic (exact) mass is 688 g/mol. The fraction of sp³-hybridized carbons (Fsp3) is 0.694. The van der Waals surface area contributed by atoms with Gasteiger partial charge in [-0.25, -0.2) is 14.8 Å². The second-order valence-corrected chi connectivity index (χ2v) is 15.7. The van der Waals surface area contributed by atoms with Gasteiger partial charge in [0.05, 0.1) is 23.6 Å². The van der Waals surface area contributed by atoms with Crippen molar-refractivity contribution in [3.8, 4) is 11.6 Å². The van der Waals surface area contributed by atoms with Crippen molar-refractivity contribution in [3.63, 3.8) is 0 Å². The van der Waals surface area contributed by atoms with Crippen molar-refractivity contribution in [1.82, 2.24) is 20.2 Å². The number of nitrogens with zero attached hydrogens (tertiary/aromatic N) is 3. The second kappa shape index (κ2) is 13.2. The molecule has 268 valence electrons. The predicted molar refractivity (Wildman–Crippen MR) is 174 cm³/mol. The summed E-state index contributed by atoms with van der Waals surface area (Å²) in [5.74, 6) is -0.293. The summed E-state index contributed by atoms with van der Waals surface area (Å²) < 4.78 is 55.7. The summed E-state index contributed by atoms with van der Waals surface area (Å²) >= 11 is 0. The minimum Gasteiger partial charge on any atom is -0.471 e. The number of nitrogens with one attached hydrogen (secondary N) is 1. The molecule has 2 aliphatic heterocycles. The molecule has 6 rings (SSSR count). The van der Waals surface area contributed by atoms with Gasteiger partial charge in [0, 0.05) is 17.9 Å². The number of hydrogen-bond donors (Lipinski definition) is 1. The van der Waals surface area contributed by atoms with Gasteiger partial charge < -0.3 is 24.4 Å². The number of alkyl halides is 3. The molecule has 1 saturated heterocycles. The summed E-state index contributed by atoms with van der Waals surface area (Å²) in [4.78, 5) is 52.5. The first kappa shape index (κ1) is 35.2. The molecule has 2 bridgehead atoms. The molecule has 2 saturated carbocycles. The number of ether oxygens (including phenoxy) is 3. The van der Waals surface area contributed by atoms with Crippen LogP contribution in [0.2, 0.25) is 0 Å². The minimum absolute atomic E-state index is 0.0386. The summed E-state index contributed by atoms with van der Waals surface area (Å²) in [5, 5.41) is 2.88. The molecular weight excluding hydrogens is 641 g/mol. The van der Waals surface area contributed by atoms with Crippen LogP contribution in [-0.2, 0) is 20.7 Å². The minimum atomic E-state index is -4.87. The molecule has 4 aliphatic rings. The van der Waals surface area contributed by atoms with E-state index in [1.807, 2.05) is 27.7 Å². The van der Waals surface area contributed by atoms with Crippen LogP contribution in [-0.4, -0.2) is 69.9 Å². The molecule has 1 aromatic carbocycles. The summed E-state index contributed by atoms with van der Waals surface area (Å²) in [5.41, 5.74) is 0.413. The number of rotatable bonds is 3. The number of fused-ring (bicyclic) bond motifs is 7. The lowest BCUT2D eigenvalue weighted by Gasteiger charge is -2.36. The van der Waals surface area contributed by atoms with Gasteiger partial charge in [-0.05, 0) is 67.4 Å². The lowest BCUT2D eigenvalue weighted by molar-refractivity contribution is -0.274. The zero-order valence-electron chi connectivity index (χ0n) is 29.0. The third-order valence-corrected chi connectivity index (χ3v) is 10.7. The number of aryl methyl sites for hydroxylation is 1. The SMILES string of the molecule is CC(C)C(=O)C1C(C)C2CN1C(=O)C(C(C)(C)C)NC(=O)OC1CC3CC3C1CCCCCc1nc3ccc(OC(F)(F)F)cc3nc1O2. The first-order valence-electron chi connectivity index (χ1n) is 17.5. The van der Waals surface area contributed by atoms with Gasteiger partial charge in [0.25, 0.3) is 0 Å². The molecule has 3 heterocycles. The number of alkyl carbamates (subject to hydrolysis) is 1. The Morgan fingerprint density at radius 1 is 1.00 bits per heavy atom. The number of benzene rings is 1. The van der Waals surface area contributed by atoms with Gasteiger partial charge in [0.1, 0.15) is 29.7 Å². The van der Waals surface area contributed by atoms with Crippen molar-refractivity contribution in [1.29, 1.82) is 0 Å². The molecular formula is C36H47F3N4O6. The fourth-order valence-electron chi connectivity index (χ4n) is 8.04. The highest BCUT2D eigenvalue weighted by atomic mass is 19.4. The van der Waals surface area contributed by atoms with Crippen molar-refractivity contribution in [2.75, 3.05) is 6.54 Å². The van der Waals surface area contributed by atoms with Gasteiger partial charge in [-0.2, -0.15) is 0 Å². The number of hydrogen-bond acceptors (Lipinski definition) is 8. The van der Waals surface area contributed by atoms with E-state index in [-0.39, 0.29) is 41.7 Å². The third-order valence-electron chi connectivity index (χ3n) is 10.7. The number of aromatic nitrogens is 2. The average Bonchev–Trinajstić information content (AvgIpc) is 3.57. The van der Waals surface area contributed by atoms with Crippen LogP contribution in [0.3, 0.4) is 0 Å². The number of carbonyl (C=O) groups is 3. The predicted octanol–water partition coefficient (Wildman–Crippen LogP) is 6.63. The Hall–Kier alpha value is -3.64. The first-order valence-corrected chi connectivity index (χ1v) is 17.5. The van der Waals surface area contributed by atoms with Crippen molar-refractivity contribution in [2.45, 2.75) is 117 Å². The van der Waals surface area contributed by atoms with Crippen molar-refractivity contribution in [2.24, 2.45) is 35.0 Å². The van der Waals surface area contributed by atoms with Crippen LogP contribution in [0, 0.1) is 35.0 Å². The summed E-state index contributed by atoms with van der Waals surface area (Å²) in [6.07, 6.45) is -0.378. The summed E-state index contributed by atoms with van der Waals surface area (Å²) in [6, 6.07) is 2.01. The Bertz CT molecular complexity index is 1590. The van der Waals surface area contributed by atoms with Crippen LogP contribution in [0.4, 0.5) is 18.0 Å². The second-order valence-electron chi connectivity index (χ2n) is 15.7. The quantitative estimate of drug-likeness (QED) is 0.382. The number of carbonyl (C=O) groups excluding carboxylic acids is 3. The standard InChI is InChI=1S/C36H47F3N4O6/c1-18(2)30(44)29-19(3)28-17-43(29)33(45)31(35(4,5)6)42-34(46)48-27-15-20-14-23(20)22(27)10-8-7-9-11-25-32(47-28)41-26-16-21(49-36(37,38)39)12-13-24(26)40-25/h12-13,16,18-20,22-23,27-29,31H,7-11,14-15,17H2,1-6H3,(H,42,46). The number of amides is 2. The first-order chi connectivity index (χ1) is 23.0. The van der Waals surface area contributed by atoms with E-state index in [9.17, 15) is 27.6 Å². The van der Waals surface area contributed by atoms with Gasteiger partial charge in [-0.1, -0.05) is 54.4 Å². The van der Waals surface area contributed by atoms with Gasteiger partial charge in [-0.3, -0.25) is 9.59 Å². The zero-order valence-corrected chi connectivity index (χ0v) is 29.0. The molecule has 2 amide bonds.